The van der Waals surface area contributed by atoms with Crippen LogP contribution in [0.4, 0.5) is 0 Å². The van der Waals surface area contributed by atoms with Gasteiger partial charge in [-0.15, -0.1) is 0 Å². The number of methoxy groups -OCH3 is 1. The van der Waals surface area contributed by atoms with E-state index in [1.807, 2.05) is 25.2 Å². The maximum absolute atomic E-state index is 11.1. The smallest absolute Gasteiger partial charge is 0.330 e. The van der Waals surface area contributed by atoms with Crippen molar-refractivity contribution in [2.45, 2.75) is 41.0 Å². The standard InChI is InChI=1S/C21H28O2/c1-16(9-7-10-17(2)15-20(22)23-6)12-13-19-18(3)11-8-14-21(19,4)5/h7-13,15H,14H2,1-6H3/b10-7-,13-12+,16-9+,17-15-. The number of rotatable bonds is 5. The second kappa shape index (κ2) is 8.52. The monoisotopic (exact) mass is 312 g/mol. The maximum Gasteiger partial charge on any atom is 0.330 e. The Balaban J connectivity index is 2.79. The Kier molecular flexibility index (Phi) is 7.02. The molecule has 124 valence electrons. The lowest BCUT2D eigenvalue weighted by molar-refractivity contribution is -0.134. The molecule has 0 saturated heterocycles. The minimum Gasteiger partial charge on any atom is -0.466 e. The van der Waals surface area contributed by atoms with E-state index >= 15 is 0 Å². The Morgan fingerprint density at radius 1 is 1.22 bits per heavy atom. The predicted octanol–water partition coefficient (Wildman–Crippen LogP) is 5.47. The van der Waals surface area contributed by atoms with Crippen molar-refractivity contribution < 1.29 is 9.53 Å². The first-order valence-electron chi connectivity index (χ1n) is 7.93. The Hall–Kier alpha value is -2.09. The molecule has 0 unspecified atom stereocenters. The third kappa shape index (κ3) is 6.27. The molecule has 0 aromatic rings. The van der Waals surface area contributed by atoms with Crippen molar-refractivity contribution in [2.24, 2.45) is 5.41 Å². The molecule has 0 aromatic carbocycles. The molecular formula is C21H28O2. The second-order valence-electron chi connectivity index (χ2n) is 6.60. The highest BCUT2D eigenvalue weighted by molar-refractivity contribution is 5.83. The van der Waals surface area contributed by atoms with Gasteiger partial charge in [-0.25, -0.2) is 4.79 Å². The third-order valence-corrected chi connectivity index (χ3v) is 3.93. The van der Waals surface area contributed by atoms with E-state index in [1.165, 1.54) is 24.3 Å². The van der Waals surface area contributed by atoms with E-state index in [-0.39, 0.29) is 11.4 Å². The third-order valence-electron chi connectivity index (χ3n) is 3.93. The Labute approximate surface area is 140 Å². The van der Waals surface area contributed by atoms with Gasteiger partial charge in [0, 0.05) is 6.08 Å². The fourth-order valence-electron chi connectivity index (χ4n) is 2.54. The quantitative estimate of drug-likeness (QED) is 0.382. The van der Waals surface area contributed by atoms with Crippen molar-refractivity contribution >= 4 is 5.97 Å². The lowest BCUT2D eigenvalue weighted by atomic mass is 9.75. The summed E-state index contributed by atoms with van der Waals surface area (Å²) in [6.07, 6.45) is 17.2. The zero-order chi connectivity index (χ0) is 17.5. The van der Waals surface area contributed by atoms with E-state index in [9.17, 15) is 4.79 Å². The largest absolute Gasteiger partial charge is 0.466 e. The summed E-state index contributed by atoms with van der Waals surface area (Å²) in [5, 5.41) is 0. The zero-order valence-electron chi connectivity index (χ0n) is 15.1. The lowest BCUT2D eigenvalue weighted by Gasteiger charge is -2.29. The number of carbonyl (C=O) groups is 1. The molecule has 1 rings (SSSR count). The number of ether oxygens (including phenoxy) is 1. The summed E-state index contributed by atoms with van der Waals surface area (Å²) in [7, 11) is 1.38. The van der Waals surface area contributed by atoms with E-state index in [2.05, 4.69) is 56.7 Å². The highest BCUT2D eigenvalue weighted by atomic mass is 16.5. The van der Waals surface area contributed by atoms with Crippen molar-refractivity contribution in [3.63, 3.8) is 0 Å². The molecule has 0 fully saturated rings. The topological polar surface area (TPSA) is 26.3 Å². The molecule has 1 aliphatic carbocycles. The van der Waals surface area contributed by atoms with Crippen LogP contribution in [0, 0.1) is 5.41 Å². The van der Waals surface area contributed by atoms with Gasteiger partial charge in [0.25, 0.3) is 0 Å². The van der Waals surface area contributed by atoms with Crippen molar-refractivity contribution in [1.29, 1.82) is 0 Å². The van der Waals surface area contributed by atoms with Crippen molar-refractivity contribution in [3.8, 4) is 0 Å². The number of esters is 1. The fraction of sp³-hybridized carbons (Fsp3) is 0.381. The molecule has 0 spiro atoms. The Morgan fingerprint density at radius 2 is 1.91 bits per heavy atom. The summed E-state index contributed by atoms with van der Waals surface area (Å²) in [4.78, 5) is 11.1. The minimum atomic E-state index is -0.331. The average molecular weight is 312 g/mol. The fourth-order valence-corrected chi connectivity index (χ4v) is 2.54. The van der Waals surface area contributed by atoms with Crippen LogP contribution in [0.2, 0.25) is 0 Å². The van der Waals surface area contributed by atoms with Gasteiger partial charge in [0.15, 0.2) is 0 Å². The van der Waals surface area contributed by atoms with Gasteiger partial charge >= 0.3 is 5.97 Å². The van der Waals surface area contributed by atoms with Gasteiger partial charge in [0.1, 0.15) is 0 Å². The van der Waals surface area contributed by atoms with Crippen molar-refractivity contribution in [1.82, 2.24) is 0 Å². The molecule has 0 aromatic heterocycles. The molecule has 0 saturated carbocycles. The maximum atomic E-state index is 11.1. The van der Waals surface area contributed by atoms with Crippen LogP contribution in [-0.4, -0.2) is 13.1 Å². The molecule has 0 amide bonds. The van der Waals surface area contributed by atoms with Crippen LogP contribution in [0.25, 0.3) is 0 Å². The van der Waals surface area contributed by atoms with Crippen LogP contribution in [-0.2, 0) is 9.53 Å². The first-order valence-corrected chi connectivity index (χ1v) is 7.93. The van der Waals surface area contributed by atoms with Crippen LogP contribution in [0.15, 0.2) is 70.9 Å². The number of hydrogen-bond donors (Lipinski definition) is 0. The Morgan fingerprint density at radius 3 is 2.52 bits per heavy atom. The number of hydrogen-bond acceptors (Lipinski definition) is 2. The molecule has 0 heterocycles. The van der Waals surface area contributed by atoms with Gasteiger partial charge in [-0.2, -0.15) is 0 Å². The van der Waals surface area contributed by atoms with Crippen LogP contribution in [0.3, 0.4) is 0 Å². The van der Waals surface area contributed by atoms with E-state index in [1.54, 1.807) is 0 Å². The lowest BCUT2D eigenvalue weighted by Crippen LogP contribution is -2.16. The molecule has 2 heteroatoms. The molecule has 0 radical (unpaired) electrons. The summed E-state index contributed by atoms with van der Waals surface area (Å²) < 4.78 is 4.60. The summed E-state index contributed by atoms with van der Waals surface area (Å²) >= 11 is 0. The van der Waals surface area contributed by atoms with E-state index < -0.39 is 0 Å². The molecule has 0 bridgehead atoms. The van der Waals surface area contributed by atoms with Gasteiger partial charge in [-0.3, -0.25) is 0 Å². The van der Waals surface area contributed by atoms with E-state index in [0.29, 0.717) is 0 Å². The number of allylic oxidation sites excluding steroid dienone is 11. The van der Waals surface area contributed by atoms with Gasteiger partial charge in [0.05, 0.1) is 7.11 Å². The minimum absolute atomic E-state index is 0.186. The van der Waals surface area contributed by atoms with Crippen molar-refractivity contribution in [3.05, 3.63) is 70.9 Å². The normalized spacial score (nSPS) is 19.0. The molecule has 1 aliphatic rings. The van der Waals surface area contributed by atoms with E-state index in [4.69, 9.17) is 0 Å². The van der Waals surface area contributed by atoms with Crippen LogP contribution in [0.1, 0.15) is 41.0 Å². The molecule has 0 N–H and O–H groups in total. The highest BCUT2D eigenvalue weighted by Crippen LogP contribution is 2.37. The predicted molar refractivity (Wildman–Crippen MR) is 98.0 cm³/mol. The van der Waals surface area contributed by atoms with Gasteiger partial charge < -0.3 is 4.74 Å². The molecule has 2 nitrogen and oxygen atoms in total. The van der Waals surface area contributed by atoms with Crippen molar-refractivity contribution in [2.75, 3.05) is 7.11 Å². The van der Waals surface area contributed by atoms with Gasteiger partial charge in [-0.05, 0) is 49.3 Å². The van der Waals surface area contributed by atoms with Gasteiger partial charge in [0.2, 0.25) is 0 Å². The Bertz CT molecular complexity index is 620. The highest BCUT2D eigenvalue weighted by Gasteiger charge is 2.23. The van der Waals surface area contributed by atoms with Crippen LogP contribution < -0.4 is 0 Å². The average Bonchev–Trinajstić information content (AvgIpc) is 2.45. The first-order chi connectivity index (χ1) is 10.8. The summed E-state index contributed by atoms with van der Waals surface area (Å²) in [5.74, 6) is -0.331. The zero-order valence-corrected chi connectivity index (χ0v) is 15.1. The number of carbonyl (C=O) groups excluding carboxylic acids is 1. The molecule has 23 heavy (non-hydrogen) atoms. The summed E-state index contributed by atoms with van der Waals surface area (Å²) in [6.45, 7) is 10.7. The molecule has 0 aliphatic heterocycles. The first kappa shape index (κ1) is 19.0. The molecular weight excluding hydrogens is 284 g/mol. The molecule has 0 atom stereocenters. The van der Waals surface area contributed by atoms with Crippen LogP contribution >= 0.6 is 0 Å². The summed E-state index contributed by atoms with van der Waals surface area (Å²) in [5.41, 5.74) is 4.93. The summed E-state index contributed by atoms with van der Waals surface area (Å²) in [6, 6.07) is 0. The van der Waals surface area contributed by atoms with Crippen LogP contribution in [0.5, 0.6) is 0 Å². The SMILES string of the molecule is COC(=O)\C=C(C)/C=C\C=C(C)\C=C\C1=C(C)C=CCC1(C)C. The van der Waals surface area contributed by atoms with Gasteiger partial charge in [-0.1, -0.05) is 62.0 Å². The second-order valence-corrected chi connectivity index (χ2v) is 6.60. The van der Waals surface area contributed by atoms with E-state index in [0.717, 1.165) is 17.6 Å².